The molecule has 0 atom stereocenters. The maximum absolute atomic E-state index is 13.7. The van der Waals surface area contributed by atoms with Gasteiger partial charge in [0.25, 0.3) is 17.3 Å². The summed E-state index contributed by atoms with van der Waals surface area (Å²) in [6, 6.07) is 6.03. The number of nitrogens with zero attached hydrogens (tertiary/aromatic N) is 2. The highest BCUT2D eigenvalue weighted by Crippen LogP contribution is 2.41. The molecule has 0 unspecified atom stereocenters. The molecule has 2 N–H and O–H groups in total. The van der Waals surface area contributed by atoms with Crippen LogP contribution in [0.4, 0.5) is 13.2 Å². The number of carbonyl (C=O) groups is 1. The zero-order chi connectivity index (χ0) is 23.6. The molecular formula is C21H23F3N4O5. The molecular weight excluding hydrogens is 445 g/mol. The molecule has 33 heavy (non-hydrogen) atoms. The largest absolute Gasteiger partial charge is 0.484 e. The number of hydrogen-bond donors (Lipinski definition) is 2. The van der Waals surface area contributed by atoms with Crippen LogP contribution in [-0.4, -0.2) is 66.5 Å². The Kier molecular flexibility index (Phi) is 6.56. The van der Waals surface area contributed by atoms with Gasteiger partial charge in [0, 0.05) is 51.7 Å². The topological polar surface area (TPSA) is 106 Å². The van der Waals surface area contributed by atoms with E-state index < -0.39 is 35.0 Å². The van der Waals surface area contributed by atoms with Gasteiger partial charge >= 0.3 is 6.18 Å². The number of rotatable bonds is 6. The third-order valence-corrected chi connectivity index (χ3v) is 5.56. The number of aromatic amines is 1. The molecule has 0 radical (unpaired) electrons. The Hall–Kier alpha value is -3.12. The van der Waals surface area contributed by atoms with Crippen molar-refractivity contribution in [3.8, 4) is 17.4 Å². The van der Waals surface area contributed by atoms with Crippen LogP contribution >= 0.6 is 0 Å². The van der Waals surface area contributed by atoms with E-state index in [-0.39, 0.29) is 17.8 Å². The number of carbonyl (C=O) groups excluding carboxylic acids is 1. The summed E-state index contributed by atoms with van der Waals surface area (Å²) >= 11 is 0. The molecule has 2 fully saturated rings. The Morgan fingerprint density at radius 3 is 2.58 bits per heavy atom. The summed E-state index contributed by atoms with van der Waals surface area (Å²) in [6.45, 7) is 2.44. The van der Waals surface area contributed by atoms with Crippen molar-refractivity contribution >= 4 is 5.91 Å². The van der Waals surface area contributed by atoms with E-state index >= 15 is 0 Å². The molecule has 0 bridgehead atoms. The lowest BCUT2D eigenvalue weighted by Crippen LogP contribution is -2.46. The molecule has 2 heterocycles. The maximum atomic E-state index is 13.7. The molecule has 1 aliphatic carbocycles. The minimum atomic E-state index is -4.99. The number of methoxy groups -OCH3 is 1. The van der Waals surface area contributed by atoms with Crippen LogP contribution in [0.5, 0.6) is 17.4 Å². The lowest BCUT2D eigenvalue weighted by Gasteiger charge is -2.34. The van der Waals surface area contributed by atoms with Crippen LogP contribution in [0.1, 0.15) is 28.8 Å². The maximum Gasteiger partial charge on any atom is 0.425 e. The molecule has 9 nitrogen and oxygen atoms in total. The molecule has 1 saturated carbocycles. The Bertz CT molecular complexity index is 1060. The van der Waals surface area contributed by atoms with Crippen LogP contribution in [0.15, 0.2) is 29.1 Å². The van der Waals surface area contributed by atoms with Crippen LogP contribution in [0.2, 0.25) is 0 Å². The summed E-state index contributed by atoms with van der Waals surface area (Å²) in [4.78, 5) is 26.4. The quantitative estimate of drug-likeness (QED) is 0.670. The van der Waals surface area contributed by atoms with E-state index in [1.54, 1.807) is 17.0 Å². The number of nitrogens with one attached hydrogen (secondary N) is 2. The molecule has 2 aromatic rings. The van der Waals surface area contributed by atoms with Gasteiger partial charge in [-0.1, -0.05) is 6.07 Å². The second kappa shape index (κ2) is 9.40. The van der Waals surface area contributed by atoms with Crippen molar-refractivity contribution in [2.24, 2.45) is 0 Å². The monoisotopic (exact) mass is 468 g/mol. The average Bonchev–Trinajstić information content (AvgIpc) is 2.77. The molecule has 0 spiro atoms. The zero-order valence-electron chi connectivity index (χ0n) is 17.8. The number of ether oxygens (including phenoxy) is 3. The predicted molar refractivity (Wildman–Crippen MR) is 110 cm³/mol. The highest BCUT2D eigenvalue weighted by atomic mass is 19.4. The summed E-state index contributed by atoms with van der Waals surface area (Å²) in [5.74, 6) is -1.47. The van der Waals surface area contributed by atoms with Gasteiger partial charge in [-0.2, -0.15) is 13.2 Å². The van der Waals surface area contributed by atoms with Crippen LogP contribution in [0.25, 0.3) is 0 Å². The molecule has 1 aliphatic heterocycles. The van der Waals surface area contributed by atoms with Gasteiger partial charge in [0.2, 0.25) is 5.75 Å². The number of hydrogen-bond acceptors (Lipinski definition) is 7. The number of H-pyrrole nitrogens is 1. The summed E-state index contributed by atoms with van der Waals surface area (Å²) in [7, 11) is 1.50. The molecule has 1 saturated heterocycles. The Balaban J connectivity index is 1.62. The summed E-state index contributed by atoms with van der Waals surface area (Å²) in [6.07, 6.45) is -4.96. The highest BCUT2D eigenvalue weighted by Gasteiger charge is 2.42. The van der Waals surface area contributed by atoms with Gasteiger partial charge in [0.05, 0.1) is 6.10 Å². The van der Waals surface area contributed by atoms with E-state index in [1.165, 1.54) is 19.2 Å². The standard InChI is InChI=1S/C21H23F3N4O5/c1-31-14-10-15(11-14)32-17-16(21(22,23)24)18(29)26-27-19(17)33-13-4-2-3-12(9-13)20(30)28-7-5-25-6-8-28/h2-4,9,14-15,25H,5-8,10-11H2,1H3,(H,26,29)/t14-,15+. The Morgan fingerprint density at radius 2 is 1.91 bits per heavy atom. The third-order valence-electron chi connectivity index (χ3n) is 5.56. The third kappa shape index (κ3) is 5.11. The Labute approximate surface area is 186 Å². The van der Waals surface area contributed by atoms with Crippen molar-refractivity contribution in [1.82, 2.24) is 20.4 Å². The number of benzene rings is 1. The fourth-order valence-electron chi connectivity index (χ4n) is 3.68. The first-order chi connectivity index (χ1) is 15.8. The zero-order valence-corrected chi connectivity index (χ0v) is 17.8. The average molecular weight is 468 g/mol. The highest BCUT2D eigenvalue weighted by molar-refractivity contribution is 5.94. The van der Waals surface area contributed by atoms with Crippen molar-refractivity contribution in [3.05, 3.63) is 45.7 Å². The minimum Gasteiger partial charge on any atom is -0.484 e. The van der Waals surface area contributed by atoms with Gasteiger partial charge in [-0.15, -0.1) is 5.10 Å². The van der Waals surface area contributed by atoms with Gasteiger partial charge in [0.1, 0.15) is 11.9 Å². The smallest absolute Gasteiger partial charge is 0.425 e. The molecule has 4 rings (SSSR count). The fraction of sp³-hybridized carbons (Fsp3) is 0.476. The van der Waals surface area contributed by atoms with Crippen molar-refractivity contribution in [2.45, 2.75) is 31.2 Å². The number of alkyl halides is 3. The van der Waals surface area contributed by atoms with Crippen LogP contribution in [0.3, 0.4) is 0 Å². The van der Waals surface area contributed by atoms with E-state index in [4.69, 9.17) is 14.2 Å². The van der Waals surface area contributed by atoms with Crippen molar-refractivity contribution < 1.29 is 32.2 Å². The first-order valence-corrected chi connectivity index (χ1v) is 10.4. The van der Waals surface area contributed by atoms with Gasteiger partial charge in [-0.3, -0.25) is 9.59 Å². The van der Waals surface area contributed by atoms with Crippen LogP contribution < -0.4 is 20.3 Å². The van der Waals surface area contributed by atoms with E-state index in [9.17, 15) is 22.8 Å². The molecule has 1 aromatic heterocycles. The van der Waals surface area contributed by atoms with Gasteiger partial charge < -0.3 is 24.4 Å². The van der Waals surface area contributed by atoms with E-state index in [2.05, 4.69) is 10.4 Å². The molecule has 2 aliphatic rings. The number of piperazine rings is 1. The summed E-state index contributed by atoms with van der Waals surface area (Å²) < 4.78 is 57.2. The number of halogens is 3. The van der Waals surface area contributed by atoms with E-state index in [1.807, 2.05) is 5.10 Å². The van der Waals surface area contributed by atoms with Crippen molar-refractivity contribution in [3.63, 3.8) is 0 Å². The van der Waals surface area contributed by atoms with Crippen LogP contribution in [0, 0.1) is 0 Å². The molecule has 1 aromatic carbocycles. The van der Waals surface area contributed by atoms with Gasteiger partial charge in [-0.05, 0) is 18.2 Å². The van der Waals surface area contributed by atoms with Gasteiger partial charge in [0.15, 0.2) is 5.56 Å². The minimum absolute atomic E-state index is 0.0804. The van der Waals surface area contributed by atoms with Gasteiger partial charge in [-0.25, -0.2) is 5.10 Å². The van der Waals surface area contributed by atoms with Crippen LogP contribution in [-0.2, 0) is 10.9 Å². The second-order valence-electron chi connectivity index (χ2n) is 7.80. The van der Waals surface area contributed by atoms with Crippen molar-refractivity contribution in [2.75, 3.05) is 33.3 Å². The normalized spacial score (nSPS) is 20.8. The lowest BCUT2D eigenvalue weighted by molar-refractivity contribution is -0.141. The van der Waals surface area contributed by atoms with E-state index in [0.717, 1.165) is 0 Å². The van der Waals surface area contributed by atoms with E-state index in [0.29, 0.717) is 44.6 Å². The summed E-state index contributed by atoms with van der Waals surface area (Å²) in [5.41, 5.74) is -2.64. The second-order valence-corrected chi connectivity index (χ2v) is 7.80. The number of aromatic nitrogens is 2. The molecule has 12 heteroatoms. The van der Waals surface area contributed by atoms with Crippen molar-refractivity contribution in [1.29, 1.82) is 0 Å². The molecule has 1 amide bonds. The first-order valence-electron chi connectivity index (χ1n) is 10.4. The SMILES string of the molecule is CO[C@H]1C[C@@H](Oc2c(Oc3cccc(C(=O)N4CCNCC4)c3)n[nH]c(=O)c2C(F)(F)F)C1. The summed E-state index contributed by atoms with van der Waals surface area (Å²) in [5, 5.41) is 8.61. The Morgan fingerprint density at radius 1 is 1.18 bits per heavy atom. The fourth-order valence-corrected chi connectivity index (χ4v) is 3.68. The lowest BCUT2D eigenvalue weighted by atomic mass is 9.92. The number of amides is 1. The predicted octanol–water partition coefficient (Wildman–Crippen LogP) is 2.18. The first kappa shape index (κ1) is 23.1. The molecule has 178 valence electrons.